The molecule has 0 aliphatic heterocycles. The van der Waals surface area contributed by atoms with Gasteiger partial charge in [0.15, 0.2) is 0 Å². The number of nitrogens with one attached hydrogen (secondary N) is 1. The van der Waals surface area contributed by atoms with E-state index in [1.54, 1.807) is 0 Å². The highest BCUT2D eigenvalue weighted by molar-refractivity contribution is 4.87. The normalized spacial score (nSPS) is 43.6. The number of hydrogen-bond acceptors (Lipinski definition) is 2. The molecule has 0 bridgehead atoms. The van der Waals surface area contributed by atoms with Crippen LogP contribution in [0.5, 0.6) is 0 Å². The molecule has 2 rings (SSSR count). The first-order valence-corrected chi connectivity index (χ1v) is 7.49. The van der Waals surface area contributed by atoms with Gasteiger partial charge < -0.3 is 10.1 Å². The van der Waals surface area contributed by atoms with E-state index in [1.807, 2.05) is 7.11 Å². The maximum Gasteiger partial charge on any atom is 0.0572 e. The molecule has 0 spiro atoms. The zero-order chi connectivity index (χ0) is 12.3. The SMILES string of the molecule is COC1CCC(NC2CCCC(C)C2C)CC1. The van der Waals surface area contributed by atoms with Crippen molar-refractivity contribution < 1.29 is 4.74 Å². The van der Waals surface area contributed by atoms with Gasteiger partial charge in [-0.3, -0.25) is 0 Å². The molecular weight excluding hydrogens is 210 g/mol. The minimum absolute atomic E-state index is 0.524. The van der Waals surface area contributed by atoms with Crippen LogP contribution in [0.25, 0.3) is 0 Å². The van der Waals surface area contributed by atoms with Crippen molar-refractivity contribution in [3.8, 4) is 0 Å². The first-order valence-electron chi connectivity index (χ1n) is 7.49. The van der Waals surface area contributed by atoms with Gasteiger partial charge in [0.05, 0.1) is 6.10 Å². The van der Waals surface area contributed by atoms with Gasteiger partial charge >= 0.3 is 0 Å². The van der Waals surface area contributed by atoms with E-state index in [9.17, 15) is 0 Å². The van der Waals surface area contributed by atoms with Crippen LogP contribution in [-0.4, -0.2) is 25.3 Å². The molecular formula is C15H29NO. The third-order valence-corrected chi connectivity index (χ3v) is 5.16. The van der Waals surface area contributed by atoms with Crippen LogP contribution in [0.1, 0.15) is 58.8 Å². The third-order valence-electron chi connectivity index (χ3n) is 5.16. The Hall–Kier alpha value is -0.0800. The second kappa shape index (κ2) is 6.19. The van der Waals surface area contributed by atoms with E-state index in [0.29, 0.717) is 6.10 Å². The lowest BCUT2D eigenvalue weighted by Crippen LogP contribution is -2.47. The second-order valence-electron chi connectivity index (χ2n) is 6.25. The van der Waals surface area contributed by atoms with Crippen LogP contribution < -0.4 is 5.32 Å². The standard InChI is InChI=1S/C15H29NO/c1-11-5-4-6-15(12(11)2)16-13-7-9-14(17-3)10-8-13/h11-16H,4-10H2,1-3H3. The summed E-state index contributed by atoms with van der Waals surface area (Å²) in [6, 6.07) is 1.52. The minimum atomic E-state index is 0.524. The summed E-state index contributed by atoms with van der Waals surface area (Å²) in [6.07, 6.45) is 9.83. The fourth-order valence-corrected chi connectivity index (χ4v) is 3.59. The second-order valence-corrected chi connectivity index (χ2v) is 6.25. The predicted octanol–water partition coefficient (Wildman–Crippen LogP) is 3.36. The Balaban J connectivity index is 1.77. The number of rotatable bonds is 3. The highest BCUT2D eigenvalue weighted by Gasteiger charge is 2.30. The summed E-state index contributed by atoms with van der Waals surface area (Å²) in [5.41, 5.74) is 0. The maximum atomic E-state index is 5.44. The van der Waals surface area contributed by atoms with Crippen molar-refractivity contribution in [2.24, 2.45) is 11.8 Å². The van der Waals surface area contributed by atoms with Crippen molar-refractivity contribution in [3.05, 3.63) is 0 Å². The topological polar surface area (TPSA) is 21.3 Å². The van der Waals surface area contributed by atoms with E-state index in [2.05, 4.69) is 19.2 Å². The lowest BCUT2D eigenvalue weighted by Gasteiger charge is -2.39. The first-order chi connectivity index (χ1) is 8.20. The molecule has 2 heteroatoms. The van der Waals surface area contributed by atoms with E-state index in [0.717, 1.165) is 23.9 Å². The molecule has 100 valence electrons. The highest BCUT2D eigenvalue weighted by atomic mass is 16.5. The molecule has 3 atom stereocenters. The average molecular weight is 239 g/mol. The lowest BCUT2D eigenvalue weighted by atomic mass is 9.77. The van der Waals surface area contributed by atoms with Gasteiger partial charge in [-0.05, 0) is 43.9 Å². The van der Waals surface area contributed by atoms with Crippen LogP contribution in [0.3, 0.4) is 0 Å². The average Bonchev–Trinajstić information content (AvgIpc) is 2.36. The molecule has 1 N–H and O–H groups in total. The fraction of sp³-hybridized carbons (Fsp3) is 1.00. The Morgan fingerprint density at radius 1 is 0.941 bits per heavy atom. The van der Waals surface area contributed by atoms with Crippen molar-refractivity contribution >= 4 is 0 Å². The van der Waals surface area contributed by atoms with E-state index in [1.165, 1.54) is 44.9 Å². The molecule has 0 aromatic rings. The molecule has 0 aromatic carbocycles. The van der Waals surface area contributed by atoms with Crippen molar-refractivity contribution in [2.75, 3.05) is 7.11 Å². The zero-order valence-electron chi connectivity index (χ0n) is 11.7. The van der Waals surface area contributed by atoms with Crippen LogP contribution in [0.2, 0.25) is 0 Å². The van der Waals surface area contributed by atoms with Crippen LogP contribution >= 0.6 is 0 Å². The Labute approximate surface area is 107 Å². The van der Waals surface area contributed by atoms with E-state index >= 15 is 0 Å². The molecule has 0 amide bonds. The van der Waals surface area contributed by atoms with Gasteiger partial charge in [0.25, 0.3) is 0 Å². The van der Waals surface area contributed by atoms with Crippen LogP contribution in [0.4, 0.5) is 0 Å². The van der Waals surface area contributed by atoms with Gasteiger partial charge in [0.1, 0.15) is 0 Å². The van der Waals surface area contributed by atoms with Gasteiger partial charge in [-0.25, -0.2) is 0 Å². The number of ether oxygens (including phenoxy) is 1. The molecule has 2 nitrogen and oxygen atoms in total. The van der Waals surface area contributed by atoms with E-state index in [-0.39, 0.29) is 0 Å². The molecule has 3 unspecified atom stereocenters. The van der Waals surface area contributed by atoms with Crippen molar-refractivity contribution in [1.82, 2.24) is 5.32 Å². The summed E-state index contributed by atoms with van der Waals surface area (Å²) in [4.78, 5) is 0. The van der Waals surface area contributed by atoms with Crippen molar-refractivity contribution in [3.63, 3.8) is 0 Å². The summed E-state index contributed by atoms with van der Waals surface area (Å²) in [5.74, 6) is 1.75. The third kappa shape index (κ3) is 3.45. The van der Waals surface area contributed by atoms with Crippen LogP contribution in [0, 0.1) is 11.8 Å². The summed E-state index contributed by atoms with van der Waals surface area (Å²) in [6.45, 7) is 4.85. The Bertz CT molecular complexity index is 223. The molecule has 2 aliphatic rings. The molecule has 2 fully saturated rings. The lowest BCUT2D eigenvalue weighted by molar-refractivity contribution is 0.0576. The Morgan fingerprint density at radius 2 is 1.65 bits per heavy atom. The minimum Gasteiger partial charge on any atom is -0.381 e. The van der Waals surface area contributed by atoms with Gasteiger partial charge in [0, 0.05) is 19.2 Å². The first kappa shape index (κ1) is 13.4. The monoisotopic (exact) mass is 239 g/mol. The summed E-state index contributed by atoms with van der Waals surface area (Å²) in [5, 5.41) is 3.93. The molecule has 0 heterocycles. The van der Waals surface area contributed by atoms with Crippen molar-refractivity contribution in [2.45, 2.75) is 77.0 Å². The highest BCUT2D eigenvalue weighted by Crippen LogP contribution is 2.31. The molecule has 0 saturated heterocycles. The predicted molar refractivity (Wildman–Crippen MR) is 72.2 cm³/mol. The van der Waals surface area contributed by atoms with Crippen LogP contribution in [-0.2, 0) is 4.74 Å². The largest absolute Gasteiger partial charge is 0.381 e. The Morgan fingerprint density at radius 3 is 2.29 bits per heavy atom. The number of hydrogen-bond donors (Lipinski definition) is 1. The molecule has 2 aliphatic carbocycles. The van der Waals surface area contributed by atoms with Gasteiger partial charge in [-0.1, -0.05) is 26.7 Å². The fourth-order valence-electron chi connectivity index (χ4n) is 3.59. The summed E-state index contributed by atoms with van der Waals surface area (Å²) in [7, 11) is 1.85. The maximum absolute atomic E-state index is 5.44. The molecule has 17 heavy (non-hydrogen) atoms. The quantitative estimate of drug-likeness (QED) is 0.815. The Kier molecular flexibility index (Phi) is 4.87. The van der Waals surface area contributed by atoms with Crippen LogP contribution in [0.15, 0.2) is 0 Å². The number of methoxy groups -OCH3 is 1. The van der Waals surface area contributed by atoms with Gasteiger partial charge in [0.2, 0.25) is 0 Å². The molecule has 2 saturated carbocycles. The van der Waals surface area contributed by atoms with Gasteiger partial charge in [-0.15, -0.1) is 0 Å². The summed E-state index contributed by atoms with van der Waals surface area (Å²) >= 11 is 0. The van der Waals surface area contributed by atoms with Gasteiger partial charge in [-0.2, -0.15) is 0 Å². The smallest absolute Gasteiger partial charge is 0.0572 e. The van der Waals surface area contributed by atoms with Crippen molar-refractivity contribution in [1.29, 1.82) is 0 Å². The summed E-state index contributed by atoms with van der Waals surface area (Å²) < 4.78 is 5.44. The zero-order valence-corrected chi connectivity index (χ0v) is 11.7. The molecule has 0 radical (unpaired) electrons. The van der Waals surface area contributed by atoms with E-state index < -0.39 is 0 Å². The molecule has 0 aromatic heterocycles. The van der Waals surface area contributed by atoms with E-state index in [4.69, 9.17) is 4.74 Å².